The van der Waals surface area contributed by atoms with Gasteiger partial charge in [0.05, 0.1) is 19.8 Å². The molecular formula is C10H21NO2. The Bertz CT molecular complexity index is 161. The normalized spacial score (nSPS) is 32.1. The van der Waals surface area contributed by atoms with Crippen LogP contribution in [0.3, 0.4) is 0 Å². The van der Waals surface area contributed by atoms with Gasteiger partial charge in [0.15, 0.2) is 0 Å². The molecule has 1 fully saturated rings. The lowest BCUT2D eigenvalue weighted by Crippen LogP contribution is -2.42. The van der Waals surface area contributed by atoms with Gasteiger partial charge in [0.2, 0.25) is 0 Å². The zero-order chi connectivity index (χ0) is 9.90. The van der Waals surface area contributed by atoms with Gasteiger partial charge in [-0.05, 0) is 13.8 Å². The van der Waals surface area contributed by atoms with Gasteiger partial charge in [-0.15, -0.1) is 0 Å². The number of hydrogen-bond acceptors (Lipinski definition) is 3. The van der Waals surface area contributed by atoms with Gasteiger partial charge in [0, 0.05) is 24.5 Å². The van der Waals surface area contributed by atoms with E-state index in [-0.39, 0.29) is 12.0 Å². The minimum Gasteiger partial charge on any atom is -0.396 e. The number of ether oxygens (including phenoxy) is 1. The lowest BCUT2D eigenvalue weighted by atomic mass is 9.92. The molecule has 1 atom stereocenters. The molecule has 0 radical (unpaired) electrons. The molecule has 1 saturated heterocycles. The van der Waals surface area contributed by atoms with Crippen LogP contribution in [0.15, 0.2) is 0 Å². The first-order chi connectivity index (χ1) is 6.07. The van der Waals surface area contributed by atoms with E-state index in [1.807, 2.05) is 0 Å². The average Bonchev–Trinajstić information content (AvgIpc) is 2.28. The van der Waals surface area contributed by atoms with E-state index >= 15 is 0 Å². The number of hydrogen-bond donors (Lipinski definition) is 1. The maximum absolute atomic E-state index is 9.27. The summed E-state index contributed by atoms with van der Waals surface area (Å²) in [6.45, 7) is 10.0. The third-order valence-corrected chi connectivity index (χ3v) is 2.67. The Morgan fingerprint density at radius 3 is 2.77 bits per heavy atom. The molecule has 1 heterocycles. The Morgan fingerprint density at radius 2 is 2.23 bits per heavy atom. The van der Waals surface area contributed by atoms with E-state index in [2.05, 4.69) is 25.7 Å². The summed E-state index contributed by atoms with van der Waals surface area (Å²) in [6.07, 6.45) is 0. The molecule has 0 aliphatic carbocycles. The monoisotopic (exact) mass is 187 g/mol. The molecule has 13 heavy (non-hydrogen) atoms. The molecule has 3 nitrogen and oxygen atoms in total. The van der Waals surface area contributed by atoms with Gasteiger partial charge >= 0.3 is 0 Å². The van der Waals surface area contributed by atoms with Gasteiger partial charge in [-0.2, -0.15) is 0 Å². The SMILES string of the molecule is CC(C)N1CCOCC(C)(CO)C1. The number of aliphatic hydroxyl groups is 1. The summed E-state index contributed by atoms with van der Waals surface area (Å²) in [7, 11) is 0. The first-order valence-corrected chi connectivity index (χ1v) is 5.00. The van der Waals surface area contributed by atoms with Crippen LogP contribution in [0.2, 0.25) is 0 Å². The first-order valence-electron chi connectivity index (χ1n) is 5.00. The average molecular weight is 187 g/mol. The quantitative estimate of drug-likeness (QED) is 0.691. The van der Waals surface area contributed by atoms with Crippen molar-refractivity contribution < 1.29 is 9.84 Å². The Labute approximate surface area is 80.7 Å². The molecule has 0 aromatic heterocycles. The van der Waals surface area contributed by atoms with Gasteiger partial charge in [0.1, 0.15) is 0 Å². The molecule has 0 amide bonds. The second kappa shape index (κ2) is 4.40. The largest absolute Gasteiger partial charge is 0.396 e. The molecule has 0 aromatic rings. The summed E-state index contributed by atoms with van der Waals surface area (Å²) in [6, 6.07) is 0.535. The number of aliphatic hydroxyl groups excluding tert-OH is 1. The Morgan fingerprint density at radius 1 is 1.54 bits per heavy atom. The summed E-state index contributed by atoms with van der Waals surface area (Å²) in [4.78, 5) is 2.36. The van der Waals surface area contributed by atoms with Crippen LogP contribution >= 0.6 is 0 Å². The van der Waals surface area contributed by atoms with Gasteiger partial charge in [0.25, 0.3) is 0 Å². The number of nitrogens with zero attached hydrogens (tertiary/aromatic N) is 1. The minimum absolute atomic E-state index is 0.0826. The first kappa shape index (κ1) is 11.0. The van der Waals surface area contributed by atoms with Crippen molar-refractivity contribution in [2.24, 2.45) is 5.41 Å². The van der Waals surface area contributed by atoms with E-state index in [4.69, 9.17) is 4.74 Å². The standard InChI is InChI=1S/C10H21NO2/c1-9(2)11-4-5-13-8-10(3,6-11)7-12/h9,12H,4-8H2,1-3H3. The maximum atomic E-state index is 9.27. The molecule has 1 N–H and O–H groups in total. The van der Waals surface area contributed by atoms with E-state index in [0.717, 1.165) is 19.7 Å². The summed E-state index contributed by atoms with van der Waals surface area (Å²) in [5.74, 6) is 0. The fourth-order valence-corrected chi connectivity index (χ4v) is 1.65. The number of rotatable bonds is 2. The summed E-state index contributed by atoms with van der Waals surface area (Å²) in [5, 5.41) is 9.27. The molecular weight excluding hydrogens is 166 g/mol. The third kappa shape index (κ3) is 2.93. The summed E-state index contributed by atoms with van der Waals surface area (Å²) < 4.78 is 5.48. The Kier molecular flexibility index (Phi) is 3.71. The molecule has 1 unspecified atom stereocenters. The highest BCUT2D eigenvalue weighted by atomic mass is 16.5. The van der Waals surface area contributed by atoms with Crippen molar-refractivity contribution in [3.63, 3.8) is 0 Å². The van der Waals surface area contributed by atoms with Crippen LogP contribution < -0.4 is 0 Å². The van der Waals surface area contributed by atoms with Crippen molar-refractivity contribution in [2.45, 2.75) is 26.8 Å². The van der Waals surface area contributed by atoms with E-state index < -0.39 is 0 Å². The van der Waals surface area contributed by atoms with Crippen molar-refractivity contribution in [1.29, 1.82) is 0 Å². The Hall–Kier alpha value is -0.120. The van der Waals surface area contributed by atoms with Gasteiger partial charge in [-0.25, -0.2) is 0 Å². The predicted octanol–water partition coefficient (Wildman–Crippen LogP) is 0.726. The predicted molar refractivity (Wildman–Crippen MR) is 52.7 cm³/mol. The van der Waals surface area contributed by atoms with Crippen LogP contribution in [0.1, 0.15) is 20.8 Å². The van der Waals surface area contributed by atoms with Crippen LogP contribution in [0.25, 0.3) is 0 Å². The molecule has 0 saturated carbocycles. The molecule has 1 aliphatic heterocycles. The smallest absolute Gasteiger partial charge is 0.0593 e. The third-order valence-electron chi connectivity index (χ3n) is 2.67. The highest BCUT2D eigenvalue weighted by molar-refractivity contribution is 4.81. The zero-order valence-electron chi connectivity index (χ0n) is 8.92. The van der Waals surface area contributed by atoms with E-state index in [9.17, 15) is 5.11 Å². The molecule has 3 heteroatoms. The molecule has 0 spiro atoms. The second-order valence-corrected chi connectivity index (χ2v) is 4.59. The van der Waals surface area contributed by atoms with Crippen LogP contribution in [0.5, 0.6) is 0 Å². The Balaban J connectivity index is 2.59. The van der Waals surface area contributed by atoms with Crippen LogP contribution in [-0.4, -0.2) is 49.0 Å². The van der Waals surface area contributed by atoms with Gasteiger partial charge in [-0.1, -0.05) is 6.92 Å². The van der Waals surface area contributed by atoms with Crippen molar-refractivity contribution in [3.8, 4) is 0 Å². The topological polar surface area (TPSA) is 32.7 Å². The fraction of sp³-hybridized carbons (Fsp3) is 1.00. The fourth-order valence-electron chi connectivity index (χ4n) is 1.65. The van der Waals surface area contributed by atoms with Gasteiger partial charge in [-0.3, -0.25) is 4.90 Å². The molecule has 78 valence electrons. The van der Waals surface area contributed by atoms with Crippen molar-refractivity contribution in [3.05, 3.63) is 0 Å². The molecule has 0 aromatic carbocycles. The molecule has 1 aliphatic rings. The van der Waals surface area contributed by atoms with Gasteiger partial charge < -0.3 is 9.84 Å². The maximum Gasteiger partial charge on any atom is 0.0593 e. The second-order valence-electron chi connectivity index (χ2n) is 4.59. The van der Waals surface area contributed by atoms with E-state index in [1.165, 1.54) is 0 Å². The van der Waals surface area contributed by atoms with E-state index in [0.29, 0.717) is 12.6 Å². The minimum atomic E-state index is -0.0826. The summed E-state index contributed by atoms with van der Waals surface area (Å²) in [5.41, 5.74) is -0.0826. The highest BCUT2D eigenvalue weighted by Crippen LogP contribution is 2.21. The van der Waals surface area contributed by atoms with Crippen molar-refractivity contribution in [1.82, 2.24) is 4.90 Å². The lowest BCUT2D eigenvalue weighted by Gasteiger charge is -2.32. The van der Waals surface area contributed by atoms with Crippen molar-refractivity contribution in [2.75, 3.05) is 32.9 Å². The van der Waals surface area contributed by atoms with Crippen LogP contribution in [-0.2, 0) is 4.74 Å². The zero-order valence-corrected chi connectivity index (χ0v) is 8.92. The van der Waals surface area contributed by atoms with Crippen molar-refractivity contribution >= 4 is 0 Å². The van der Waals surface area contributed by atoms with E-state index in [1.54, 1.807) is 0 Å². The summed E-state index contributed by atoms with van der Waals surface area (Å²) >= 11 is 0. The lowest BCUT2D eigenvalue weighted by molar-refractivity contribution is 0.0333. The molecule has 1 rings (SSSR count). The molecule has 0 bridgehead atoms. The highest BCUT2D eigenvalue weighted by Gasteiger charge is 2.30. The van der Waals surface area contributed by atoms with Crippen LogP contribution in [0.4, 0.5) is 0 Å². The van der Waals surface area contributed by atoms with Crippen LogP contribution in [0, 0.1) is 5.41 Å².